The number of aryl methyl sites for hydroxylation is 2. The summed E-state index contributed by atoms with van der Waals surface area (Å²) >= 11 is 0. The van der Waals surface area contributed by atoms with Crippen molar-refractivity contribution in [3.8, 4) is 0 Å². The summed E-state index contributed by atoms with van der Waals surface area (Å²) in [7, 11) is 3.34. The van der Waals surface area contributed by atoms with Gasteiger partial charge in [0.15, 0.2) is 0 Å². The van der Waals surface area contributed by atoms with E-state index in [2.05, 4.69) is 60.4 Å². The van der Waals surface area contributed by atoms with E-state index in [1.54, 1.807) is 48.6 Å². The summed E-state index contributed by atoms with van der Waals surface area (Å²) in [6.07, 6.45) is 8.41. The second kappa shape index (κ2) is 23.5. The fourth-order valence-electron chi connectivity index (χ4n) is 9.98. The van der Waals surface area contributed by atoms with Gasteiger partial charge in [-0.15, -0.1) is 29.9 Å². The van der Waals surface area contributed by atoms with E-state index in [1.165, 1.54) is 11.1 Å². The van der Waals surface area contributed by atoms with E-state index in [1.807, 2.05) is 51.1 Å². The summed E-state index contributed by atoms with van der Waals surface area (Å²) in [5.74, 6) is -1.98. The first kappa shape index (κ1) is 53.8. The van der Waals surface area contributed by atoms with Crippen LogP contribution in [0.15, 0.2) is 54.7 Å². The molecule has 7 rings (SSSR count). The Balaban J connectivity index is 0.00000432. The molecule has 0 spiro atoms. The molecule has 2 aliphatic carbocycles. The summed E-state index contributed by atoms with van der Waals surface area (Å²) in [4.78, 5) is 87.5. The molecule has 2 fully saturated rings. The summed E-state index contributed by atoms with van der Waals surface area (Å²) in [5, 5.41) is 27.2. The number of benzene rings is 2. The number of carbonyl (C=O) groups excluding carboxylic acids is 6. The maximum atomic E-state index is 14.7. The first-order chi connectivity index (χ1) is 31.6. The van der Waals surface area contributed by atoms with Crippen LogP contribution in [0.5, 0.6) is 0 Å². The number of nitrogens with one attached hydrogen (secondary N) is 6. The van der Waals surface area contributed by atoms with E-state index in [4.69, 9.17) is 0 Å². The van der Waals surface area contributed by atoms with E-state index in [0.29, 0.717) is 25.1 Å². The Morgan fingerprint density at radius 2 is 1.25 bits per heavy atom. The molecule has 19 heteroatoms. The van der Waals surface area contributed by atoms with Crippen molar-refractivity contribution in [3.63, 3.8) is 0 Å². The Kier molecular flexibility index (Phi) is 18.6. The van der Waals surface area contributed by atoms with Gasteiger partial charge in [0.25, 0.3) is 0 Å². The molecule has 0 unspecified atom stereocenters. The quantitative estimate of drug-likeness (QED) is 0.131. The SMILES string of the molecule is CN[C@@H](C)C(=O)N[C@@H](Cc1cn([C@H]2C[C@@H](C(=O)N[C@@H]3CCCc4ccccc43)N(C(=O)[C@@H](NC(=O)[C@H](C)NC)C(C)(C)C)C2)nn1)C(=O)N1CCC[C@H]1C(=O)N[C@@H]1CCCc2ccccc21.Cl.Cl. The number of carbonyl (C=O) groups is 6. The van der Waals surface area contributed by atoms with Crippen molar-refractivity contribution in [1.82, 2.24) is 56.7 Å². The van der Waals surface area contributed by atoms with Gasteiger partial charge in [-0.05, 0) is 107 Å². The number of rotatable bonds is 15. The van der Waals surface area contributed by atoms with Gasteiger partial charge in [-0.1, -0.05) is 74.5 Å². The third-order valence-electron chi connectivity index (χ3n) is 14.1. The van der Waals surface area contributed by atoms with Gasteiger partial charge in [0.1, 0.15) is 24.2 Å². The largest absolute Gasteiger partial charge is 0.347 e. The van der Waals surface area contributed by atoms with Crippen LogP contribution in [0.2, 0.25) is 0 Å². The van der Waals surface area contributed by atoms with Gasteiger partial charge in [-0.2, -0.15) is 0 Å². The van der Waals surface area contributed by atoms with Crippen molar-refractivity contribution < 1.29 is 28.8 Å². The van der Waals surface area contributed by atoms with E-state index in [0.717, 1.165) is 49.7 Å². The highest BCUT2D eigenvalue weighted by Gasteiger charge is 2.47. The second-order valence-corrected chi connectivity index (χ2v) is 19.7. The molecule has 2 aliphatic heterocycles. The minimum Gasteiger partial charge on any atom is -0.347 e. The molecule has 0 radical (unpaired) electrons. The lowest BCUT2D eigenvalue weighted by atomic mass is 9.85. The van der Waals surface area contributed by atoms with Gasteiger partial charge in [-0.3, -0.25) is 28.8 Å². The Labute approximate surface area is 412 Å². The van der Waals surface area contributed by atoms with Crippen LogP contribution >= 0.6 is 24.8 Å². The first-order valence-electron chi connectivity index (χ1n) is 23.8. The number of amides is 6. The van der Waals surface area contributed by atoms with Crippen molar-refractivity contribution in [2.45, 2.75) is 153 Å². The highest BCUT2D eigenvalue weighted by Crippen LogP contribution is 2.35. The zero-order valence-corrected chi connectivity index (χ0v) is 42.0. The van der Waals surface area contributed by atoms with E-state index in [-0.39, 0.29) is 91.7 Å². The highest BCUT2D eigenvalue weighted by atomic mass is 35.5. The predicted octanol–water partition coefficient (Wildman–Crippen LogP) is 3.42. The molecule has 4 aliphatic rings. The summed E-state index contributed by atoms with van der Waals surface area (Å²) in [6.45, 7) is 9.53. The fourth-order valence-corrected chi connectivity index (χ4v) is 9.98. The Morgan fingerprint density at radius 1 is 0.706 bits per heavy atom. The van der Waals surface area contributed by atoms with Crippen molar-refractivity contribution in [2.24, 2.45) is 5.41 Å². The molecule has 0 saturated carbocycles. The van der Waals surface area contributed by atoms with Crippen molar-refractivity contribution in [3.05, 3.63) is 82.7 Å². The van der Waals surface area contributed by atoms with Gasteiger partial charge in [0.05, 0.1) is 35.9 Å². The summed E-state index contributed by atoms with van der Waals surface area (Å²) < 4.78 is 1.63. The van der Waals surface area contributed by atoms with E-state index < -0.39 is 47.7 Å². The number of likely N-dealkylation sites (N-methyl/N-ethyl adjacent to an activating group) is 2. The molecule has 17 nitrogen and oxygen atoms in total. The third-order valence-corrected chi connectivity index (χ3v) is 14.1. The minimum absolute atomic E-state index is 0. The van der Waals surface area contributed by atoms with Crippen LogP contribution < -0.4 is 31.9 Å². The van der Waals surface area contributed by atoms with Gasteiger partial charge < -0.3 is 41.7 Å². The number of hydrogen-bond donors (Lipinski definition) is 6. The number of likely N-dealkylation sites (tertiary alicyclic amines) is 2. The minimum atomic E-state index is -1.06. The second-order valence-electron chi connectivity index (χ2n) is 19.7. The summed E-state index contributed by atoms with van der Waals surface area (Å²) in [6, 6.07) is 10.7. The van der Waals surface area contributed by atoms with Crippen molar-refractivity contribution >= 4 is 60.3 Å². The molecule has 9 atom stereocenters. The van der Waals surface area contributed by atoms with Crippen LogP contribution in [0.25, 0.3) is 0 Å². The lowest BCUT2D eigenvalue weighted by Crippen LogP contribution is -2.59. The van der Waals surface area contributed by atoms with Gasteiger partial charge in [0.2, 0.25) is 35.4 Å². The average Bonchev–Trinajstić information content (AvgIpc) is 4.10. The number of nitrogens with zero attached hydrogens (tertiary/aromatic N) is 5. The smallest absolute Gasteiger partial charge is 0.246 e. The molecule has 3 aromatic rings. The molecule has 68 heavy (non-hydrogen) atoms. The third kappa shape index (κ3) is 12.2. The van der Waals surface area contributed by atoms with Crippen molar-refractivity contribution in [1.29, 1.82) is 0 Å². The molecular weight excluding hydrogens is 910 g/mol. The fraction of sp³-hybridized carbons (Fsp3) is 0.592. The van der Waals surface area contributed by atoms with Crippen LogP contribution in [0.4, 0.5) is 0 Å². The van der Waals surface area contributed by atoms with Crippen LogP contribution in [0.3, 0.4) is 0 Å². The van der Waals surface area contributed by atoms with Gasteiger partial charge >= 0.3 is 0 Å². The first-order valence-corrected chi connectivity index (χ1v) is 23.8. The van der Waals surface area contributed by atoms with Gasteiger partial charge in [-0.25, -0.2) is 4.68 Å². The van der Waals surface area contributed by atoms with Crippen LogP contribution in [-0.2, 0) is 48.0 Å². The number of hydrogen-bond acceptors (Lipinski definition) is 10. The van der Waals surface area contributed by atoms with Gasteiger partial charge in [0, 0.05) is 32.1 Å². The molecule has 2 aromatic carbocycles. The van der Waals surface area contributed by atoms with E-state index >= 15 is 0 Å². The van der Waals surface area contributed by atoms with Crippen LogP contribution in [-0.4, -0.2) is 124 Å². The Hall–Kier alpha value is -5.10. The maximum absolute atomic E-state index is 14.7. The van der Waals surface area contributed by atoms with Crippen molar-refractivity contribution in [2.75, 3.05) is 27.2 Å². The highest BCUT2D eigenvalue weighted by molar-refractivity contribution is 5.95. The maximum Gasteiger partial charge on any atom is 0.246 e. The number of halogens is 2. The molecule has 372 valence electrons. The zero-order valence-electron chi connectivity index (χ0n) is 40.4. The lowest BCUT2D eigenvalue weighted by Gasteiger charge is -2.36. The number of aromatic nitrogens is 3. The molecule has 6 amide bonds. The molecular formula is C49H71Cl2N11O6. The summed E-state index contributed by atoms with van der Waals surface area (Å²) in [5.41, 5.74) is 4.31. The predicted molar refractivity (Wildman–Crippen MR) is 263 cm³/mol. The zero-order chi connectivity index (χ0) is 47.3. The molecule has 3 heterocycles. The molecule has 0 bridgehead atoms. The monoisotopic (exact) mass is 979 g/mol. The standard InChI is InChI=1S/C49H69N11O6.2ClH/c1-29(50-6)43(61)54-39(47(65)58-24-14-23-40(58)45(63)52-37-21-12-17-31-15-8-10-19-35(31)37)25-33-27-60(57-56-33)34-26-41(46(64)53-38-22-13-18-32-16-9-11-20-36(32)38)59(28-34)48(66)42(49(3,4)5)55-44(62)30(2)51-7;;/h8-11,15-16,19-20,27,29-30,34,37-42,50-51H,12-14,17-18,21-26,28H2,1-7H3,(H,52,63)(H,53,64)(H,54,61)(H,55,62);2*1H/t29-,30-,34-,37+,38+,39-,40-,41-,42+;;/m0../s1. The normalized spacial score (nSPS) is 22.7. The molecule has 1 aromatic heterocycles. The van der Waals surface area contributed by atoms with Crippen LogP contribution in [0, 0.1) is 5.41 Å². The van der Waals surface area contributed by atoms with E-state index in [9.17, 15) is 28.8 Å². The number of fused-ring (bicyclic) bond motifs is 2. The average molecular weight is 981 g/mol. The molecule has 6 N–H and O–H groups in total. The lowest BCUT2D eigenvalue weighted by molar-refractivity contribution is -0.144. The topological polar surface area (TPSA) is 212 Å². The Bertz CT molecular complexity index is 2270. The molecule has 2 saturated heterocycles. The van der Waals surface area contributed by atoms with Crippen LogP contribution in [0.1, 0.15) is 126 Å². The Morgan fingerprint density at radius 3 is 1.81 bits per heavy atom.